The van der Waals surface area contributed by atoms with Gasteiger partial charge in [-0.25, -0.2) is 9.59 Å². The molecule has 7 heteroatoms. The summed E-state index contributed by atoms with van der Waals surface area (Å²) >= 11 is 1.09. The van der Waals surface area contributed by atoms with Crippen molar-refractivity contribution >= 4 is 34.0 Å². The van der Waals surface area contributed by atoms with Gasteiger partial charge in [0, 0.05) is 6.04 Å². The van der Waals surface area contributed by atoms with Crippen molar-refractivity contribution in [1.29, 1.82) is 0 Å². The quantitative estimate of drug-likeness (QED) is 0.806. The van der Waals surface area contributed by atoms with Crippen LogP contribution in [0.25, 0.3) is 0 Å². The lowest BCUT2D eigenvalue weighted by Crippen LogP contribution is -2.15. The minimum atomic E-state index is -0.574. The van der Waals surface area contributed by atoms with E-state index in [-0.39, 0.29) is 22.2 Å². The van der Waals surface area contributed by atoms with Crippen molar-refractivity contribution in [2.24, 2.45) is 0 Å². The molecule has 0 saturated heterocycles. The van der Waals surface area contributed by atoms with Crippen molar-refractivity contribution in [1.82, 2.24) is 0 Å². The summed E-state index contributed by atoms with van der Waals surface area (Å²) in [6.07, 6.45) is 0.867. The van der Waals surface area contributed by atoms with Crippen molar-refractivity contribution in [3.63, 3.8) is 0 Å². The van der Waals surface area contributed by atoms with E-state index in [0.29, 0.717) is 5.00 Å². The molecule has 0 aliphatic rings. The summed E-state index contributed by atoms with van der Waals surface area (Å²) in [6.45, 7) is 3.97. The highest BCUT2D eigenvalue weighted by molar-refractivity contribution is 7.19. The number of nitrogen functional groups attached to an aromatic ring is 1. The van der Waals surface area contributed by atoms with Crippen LogP contribution in [-0.4, -0.2) is 32.2 Å². The van der Waals surface area contributed by atoms with Gasteiger partial charge < -0.3 is 20.5 Å². The molecule has 0 spiro atoms. The molecular weight excluding hydrogens is 268 g/mol. The van der Waals surface area contributed by atoms with Crippen LogP contribution in [0, 0.1) is 0 Å². The lowest BCUT2D eigenvalue weighted by Gasteiger charge is -2.12. The highest BCUT2D eigenvalue weighted by Gasteiger charge is 2.27. The number of carbonyl (C=O) groups is 2. The Bertz CT molecular complexity index is 484. The van der Waals surface area contributed by atoms with E-state index in [1.807, 2.05) is 13.8 Å². The fourth-order valence-corrected chi connectivity index (χ4v) is 2.56. The van der Waals surface area contributed by atoms with Gasteiger partial charge in [0.25, 0.3) is 0 Å². The molecule has 1 atom stereocenters. The van der Waals surface area contributed by atoms with Crippen LogP contribution >= 0.6 is 11.3 Å². The van der Waals surface area contributed by atoms with Gasteiger partial charge in [-0.3, -0.25) is 0 Å². The van der Waals surface area contributed by atoms with Crippen LogP contribution in [0.5, 0.6) is 0 Å². The number of carbonyl (C=O) groups excluding carboxylic acids is 2. The topological polar surface area (TPSA) is 90.6 Å². The molecule has 106 valence electrons. The number of esters is 2. The second-order valence-electron chi connectivity index (χ2n) is 3.99. The molecule has 0 aliphatic carbocycles. The lowest BCUT2D eigenvalue weighted by atomic mass is 10.2. The third-order valence-electron chi connectivity index (χ3n) is 2.70. The van der Waals surface area contributed by atoms with Gasteiger partial charge in [-0.15, -0.1) is 11.3 Å². The van der Waals surface area contributed by atoms with E-state index in [9.17, 15) is 9.59 Å². The highest BCUT2D eigenvalue weighted by Crippen LogP contribution is 2.37. The average Bonchev–Trinajstić information content (AvgIpc) is 2.73. The fraction of sp³-hybridized carbons (Fsp3) is 0.500. The molecular formula is C12H18N2O4S. The van der Waals surface area contributed by atoms with Crippen LogP contribution < -0.4 is 11.1 Å². The molecule has 0 fully saturated rings. The molecule has 0 aliphatic heterocycles. The molecule has 0 bridgehead atoms. The Morgan fingerprint density at radius 2 is 1.89 bits per heavy atom. The minimum absolute atomic E-state index is 0.0921. The Hall–Kier alpha value is -1.76. The van der Waals surface area contributed by atoms with Crippen LogP contribution in [0.3, 0.4) is 0 Å². The first-order valence-corrected chi connectivity index (χ1v) is 6.63. The normalized spacial score (nSPS) is 11.8. The average molecular weight is 286 g/mol. The predicted octanol–water partition coefficient (Wildman–Crippen LogP) is 2.11. The molecule has 0 amide bonds. The number of methoxy groups -OCH3 is 2. The maximum Gasteiger partial charge on any atom is 0.350 e. The zero-order valence-corrected chi connectivity index (χ0v) is 12.2. The summed E-state index contributed by atoms with van der Waals surface area (Å²) in [6, 6.07) is 0.145. The maximum absolute atomic E-state index is 11.8. The predicted molar refractivity (Wildman–Crippen MR) is 74.8 cm³/mol. The summed E-state index contributed by atoms with van der Waals surface area (Å²) in [5, 5.41) is 3.67. The molecule has 0 saturated carbocycles. The number of hydrogen-bond donors (Lipinski definition) is 2. The van der Waals surface area contributed by atoms with Crippen molar-refractivity contribution in [3.05, 3.63) is 10.4 Å². The van der Waals surface area contributed by atoms with E-state index in [1.165, 1.54) is 14.2 Å². The number of rotatable bonds is 5. The maximum atomic E-state index is 11.8. The minimum Gasteiger partial charge on any atom is -0.465 e. The van der Waals surface area contributed by atoms with Gasteiger partial charge in [0.05, 0.1) is 19.9 Å². The highest BCUT2D eigenvalue weighted by atomic mass is 32.1. The third kappa shape index (κ3) is 3.17. The van der Waals surface area contributed by atoms with Gasteiger partial charge in [0.15, 0.2) is 0 Å². The van der Waals surface area contributed by atoms with Crippen molar-refractivity contribution in [2.75, 3.05) is 25.3 Å². The Morgan fingerprint density at radius 1 is 1.32 bits per heavy atom. The van der Waals surface area contributed by atoms with Crippen LogP contribution in [0.1, 0.15) is 40.3 Å². The molecule has 1 heterocycles. The van der Waals surface area contributed by atoms with E-state index < -0.39 is 11.9 Å². The monoisotopic (exact) mass is 286 g/mol. The summed E-state index contributed by atoms with van der Waals surface area (Å²) in [7, 11) is 2.53. The van der Waals surface area contributed by atoms with Gasteiger partial charge in [-0.1, -0.05) is 6.92 Å². The Morgan fingerprint density at radius 3 is 2.37 bits per heavy atom. The molecule has 0 radical (unpaired) electrons. The molecule has 1 aromatic heterocycles. The summed E-state index contributed by atoms with van der Waals surface area (Å²) in [5.74, 6) is -1.14. The van der Waals surface area contributed by atoms with E-state index in [2.05, 4.69) is 10.1 Å². The largest absolute Gasteiger partial charge is 0.465 e. The summed E-state index contributed by atoms with van der Waals surface area (Å²) in [4.78, 5) is 23.6. The first-order chi connectivity index (χ1) is 8.96. The number of nitrogens with two attached hydrogens (primary N) is 1. The van der Waals surface area contributed by atoms with Gasteiger partial charge >= 0.3 is 11.9 Å². The zero-order chi connectivity index (χ0) is 14.6. The standard InChI is InChI=1S/C12H18N2O4S/c1-5-6(2)14-10-7(11(15)17-3)8(13)9(19-10)12(16)18-4/h6,14H,5,13H2,1-4H3. The summed E-state index contributed by atoms with van der Waals surface area (Å²) in [5.41, 5.74) is 6.12. The Kier molecular flexibility index (Phi) is 5.17. The molecule has 3 N–H and O–H groups in total. The van der Waals surface area contributed by atoms with Crippen LogP contribution in [0.15, 0.2) is 0 Å². The molecule has 1 unspecified atom stereocenters. The van der Waals surface area contributed by atoms with Crippen molar-refractivity contribution in [3.8, 4) is 0 Å². The van der Waals surface area contributed by atoms with Crippen molar-refractivity contribution < 1.29 is 19.1 Å². The zero-order valence-electron chi connectivity index (χ0n) is 11.4. The van der Waals surface area contributed by atoms with Crippen LogP contribution in [-0.2, 0) is 9.47 Å². The lowest BCUT2D eigenvalue weighted by molar-refractivity contribution is 0.0602. The van der Waals surface area contributed by atoms with E-state index in [4.69, 9.17) is 10.5 Å². The van der Waals surface area contributed by atoms with E-state index in [1.54, 1.807) is 0 Å². The third-order valence-corrected chi connectivity index (χ3v) is 3.81. The van der Waals surface area contributed by atoms with E-state index >= 15 is 0 Å². The van der Waals surface area contributed by atoms with Gasteiger partial charge in [0.1, 0.15) is 15.4 Å². The Labute approximate surface area is 115 Å². The first kappa shape index (κ1) is 15.3. The Balaban J connectivity index is 3.27. The first-order valence-electron chi connectivity index (χ1n) is 5.81. The summed E-state index contributed by atoms with van der Waals surface area (Å²) < 4.78 is 9.34. The molecule has 6 nitrogen and oxygen atoms in total. The fourth-order valence-electron chi connectivity index (χ4n) is 1.42. The molecule has 1 rings (SSSR count). The molecule has 1 aromatic rings. The van der Waals surface area contributed by atoms with Crippen LogP contribution in [0.2, 0.25) is 0 Å². The molecule has 19 heavy (non-hydrogen) atoms. The van der Waals surface area contributed by atoms with Gasteiger partial charge in [-0.05, 0) is 13.3 Å². The van der Waals surface area contributed by atoms with Gasteiger partial charge in [0.2, 0.25) is 0 Å². The number of hydrogen-bond acceptors (Lipinski definition) is 7. The number of anilines is 2. The SMILES string of the molecule is CCC(C)Nc1sc(C(=O)OC)c(N)c1C(=O)OC. The second-order valence-corrected chi connectivity index (χ2v) is 5.01. The molecule has 0 aromatic carbocycles. The van der Waals surface area contributed by atoms with Crippen LogP contribution in [0.4, 0.5) is 10.7 Å². The van der Waals surface area contributed by atoms with Crippen molar-refractivity contribution in [2.45, 2.75) is 26.3 Å². The second kappa shape index (κ2) is 6.42. The smallest absolute Gasteiger partial charge is 0.350 e. The number of thiophene rings is 1. The van der Waals surface area contributed by atoms with E-state index in [0.717, 1.165) is 17.8 Å². The number of nitrogens with one attached hydrogen (secondary N) is 1. The van der Waals surface area contributed by atoms with Gasteiger partial charge in [-0.2, -0.15) is 0 Å². The number of ether oxygens (including phenoxy) is 2.